The van der Waals surface area contributed by atoms with E-state index in [2.05, 4.69) is 20.5 Å². The van der Waals surface area contributed by atoms with Crippen molar-refractivity contribution in [3.8, 4) is 11.4 Å². The Morgan fingerprint density at radius 2 is 1.93 bits per heavy atom. The van der Waals surface area contributed by atoms with Gasteiger partial charge in [-0.3, -0.25) is 4.79 Å². The average molecular weight is 379 g/mol. The van der Waals surface area contributed by atoms with E-state index in [9.17, 15) is 4.79 Å². The first-order valence-corrected chi connectivity index (χ1v) is 8.60. The van der Waals surface area contributed by atoms with Crippen LogP contribution >= 0.6 is 11.6 Å². The predicted octanol–water partition coefficient (Wildman–Crippen LogP) is 3.29. The number of hydrogen-bond acceptors (Lipinski definition) is 4. The Morgan fingerprint density at radius 3 is 2.70 bits per heavy atom. The van der Waals surface area contributed by atoms with Gasteiger partial charge in [0.05, 0.1) is 29.7 Å². The fraction of sp³-hybridized carbons (Fsp3) is 0.0526. The first-order valence-electron chi connectivity index (χ1n) is 8.22. The summed E-state index contributed by atoms with van der Waals surface area (Å²) in [4.78, 5) is 16.5. The highest BCUT2D eigenvalue weighted by Crippen LogP contribution is 2.24. The lowest BCUT2D eigenvalue weighted by atomic mass is 10.2. The molecule has 0 aliphatic heterocycles. The van der Waals surface area contributed by atoms with Crippen molar-refractivity contribution in [1.29, 1.82) is 0 Å². The van der Waals surface area contributed by atoms with Gasteiger partial charge in [-0.25, -0.2) is 14.3 Å². The molecule has 2 heterocycles. The van der Waals surface area contributed by atoms with Crippen LogP contribution in [0.1, 0.15) is 5.56 Å². The number of aromatic nitrogens is 5. The van der Waals surface area contributed by atoms with Crippen LogP contribution in [-0.4, -0.2) is 30.5 Å². The number of amides is 1. The lowest BCUT2D eigenvalue weighted by Crippen LogP contribution is -2.16. The van der Waals surface area contributed by atoms with Crippen molar-refractivity contribution < 1.29 is 4.79 Å². The zero-order chi connectivity index (χ0) is 18.6. The number of carbonyl (C=O) groups is 1. The molecule has 0 saturated heterocycles. The van der Waals surface area contributed by atoms with Crippen molar-refractivity contribution in [1.82, 2.24) is 24.5 Å². The van der Waals surface area contributed by atoms with Gasteiger partial charge in [0.2, 0.25) is 5.91 Å². The average Bonchev–Trinajstić information content (AvgIpc) is 3.35. The predicted molar refractivity (Wildman–Crippen MR) is 102 cm³/mol. The molecule has 134 valence electrons. The van der Waals surface area contributed by atoms with Crippen LogP contribution < -0.4 is 5.32 Å². The minimum atomic E-state index is -0.175. The number of para-hydroxylation sites is 1. The molecule has 2 aromatic carbocycles. The number of hydrogen-bond donors (Lipinski definition) is 1. The monoisotopic (exact) mass is 378 g/mol. The largest absolute Gasteiger partial charge is 0.324 e. The standard InChI is InChI=1S/C19H15ClN6O/c20-15-6-7-18(26-13-21-12-23-26)17(9-15)24-19(27)8-14-10-22-25(11-14)16-4-2-1-3-5-16/h1-7,9-13H,8H2,(H,24,27). The summed E-state index contributed by atoms with van der Waals surface area (Å²) >= 11 is 6.08. The molecule has 0 fully saturated rings. The maximum atomic E-state index is 12.5. The first-order chi connectivity index (χ1) is 13.2. The second-order valence-corrected chi connectivity index (χ2v) is 6.29. The minimum Gasteiger partial charge on any atom is -0.324 e. The van der Waals surface area contributed by atoms with Crippen molar-refractivity contribution in [2.75, 3.05) is 5.32 Å². The molecular formula is C19H15ClN6O. The molecule has 0 bridgehead atoms. The summed E-state index contributed by atoms with van der Waals surface area (Å²) in [5, 5.41) is 11.8. The summed E-state index contributed by atoms with van der Waals surface area (Å²) in [6.45, 7) is 0. The van der Waals surface area contributed by atoms with Crippen molar-refractivity contribution in [2.24, 2.45) is 0 Å². The molecule has 0 aliphatic carbocycles. The summed E-state index contributed by atoms with van der Waals surface area (Å²) in [7, 11) is 0. The van der Waals surface area contributed by atoms with Crippen LogP contribution in [0.5, 0.6) is 0 Å². The fourth-order valence-electron chi connectivity index (χ4n) is 2.69. The SMILES string of the molecule is O=C(Cc1cnn(-c2ccccc2)c1)Nc1cc(Cl)ccc1-n1cncn1. The van der Waals surface area contributed by atoms with E-state index in [1.165, 1.54) is 6.33 Å². The van der Waals surface area contributed by atoms with E-state index in [0.29, 0.717) is 16.4 Å². The van der Waals surface area contributed by atoms with E-state index in [0.717, 1.165) is 11.3 Å². The van der Waals surface area contributed by atoms with Crippen molar-refractivity contribution in [3.05, 3.63) is 84.2 Å². The Kier molecular flexibility index (Phi) is 4.67. The highest BCUT2D eigenvalue weighted by Gasteiger charge is 2.12. The Balaban J connectivity index is 1.51. The lowest BCUT2D eigenvalue weighted by molar-refractivity contribution is -0.115. The van der Waals surface area contributed by atoms with Crippen LogP contribution in [0.25, 0.3) is 11.4 Å². The molecule has 1 N–H and O–H groups in total. The summed E-state index contributed by atoms with van der Waals surface area (Å²) in [6, 6.07) is 14.9. The Hall–Kier alpha value is -3.45. The zero-order valence-corrected chi connectivity index (χ0v) is 14.9. The number of carbonyl (C=O) groups excluding carboxylic acids is 1. The van der Waals surface area contributed by atoms with E-state index in [1.54, 1.807) is 40.1 Å². The quantitative estimate of drug-likeness (QED) is 0.578. The molecule has 1 amide bonds. The Bertz CT molecular complexity index is 1060. The number of nitrogens with zero attached hydrogens (tertiary/aromatic N) is 5. The molecule has 0 saturated carbocycles. The molecule has 0 spiro atoms. The molecule has 4 rings (SSSR count). The van der Waals surface area contributed by atoms with Crippen molar-refractivity contribution in [2.45, 2.75) is 6.42 Å². The van der Waals surface area contributed by atoms with Gasteiger partial charge < -0.3 is 5.32 Å². The minimum absolute atomic E-state index is 0.175. The highest BCUT2D eigenvalue weighted by molar-refractivity contribution is 6.31. The van der Waals surface area contributed by atoms with E-state index in [4.69, 9.17) is 11.6 Å². The van der Waals surface area contributed by atoms with Gasteiger partial charge in [0.25, 0.3) is 0 Å². The Labute approximate surface area is 160 Å². The van der Waals surface area contributed by atoms with Crippen LogP contribution in [-0.2, 0) is 11.2 Å². The van der Waals surface area contributed by atoms with Crippen molar-refractivity contribution >= 4 is 23.2 Å². The third-order valence-electron chi connectivity index (χ3n) is 3.92. The summed E-state index contributed by atoms with van der Waals surface area (Å²) < 4.78 is 3.31. The Morgan fingerprint density at radius 1 is 1.07 bits per heavy atom. The molecule has 27 heavy (non-hydrogen) atoms. The van der Waals surface area contributed by atoms with Gasteiger partial charge in [-0.1, -0.05) is 29.8 Å². The lowest BCUT2D eigenvalue weighted by Gasteiger charge is -2.11. The van der Waals surface area contributed by atoms with Gasteiger partial charge in [0.15, 0.2) is 0 Å². The normalized spacial score (nSPS) is 10.7. The maximum absolute atomic E-state index is 12.5. The van der Waals surface area contributed by atoms with Gasteiger partial charge in [-0.2, -0.15) is 10.2 Å². The smallest absolute Gasteiger partial charge is 0.228 e. The van der Waals surface area contributed by atoms with Crippen molar-refractivity contribution in [3.63, 3.8) is 0 Å². The molecule has 0 radical (unpaired) electrons. The number of anilines is 1. The van der Waals surface area contributed by atoms with Crippen LogP contribution in [0.2, 0.25) is 5.02 Å². The molecular weight excluding hydrogens is 364 g/mol. The molecule has 2 aromatic heterocycles. The molecule has 0 unspecified atom stereocenters. The topological polar surface area (TPSA) is 77.6 Å². The number of halogens is 1. The van der Waals surface area contributed by atoms with Gasteiger partial charge >= 0.3 is 0 Å². The van der Waals surface area contributed by atoms with Crippen LogP contribution in [0.4, 0.5) is 5.69 Å². The van der Waals surface area contributed by atoms with E-state index in [-0.39, 0.29) is 12.3 Å². The molecule has 7 nitrogen and oxygen atoms in total. The molecule has 4 aromatic rings. The maximum Gasteiger partial charge on any atom is 0.228 e. The number of nitrogens with one attached hydrogen (secondary N) is 1. The zero-order valence-electron chi connectivity index (χ0n) is 14.2. The number of rotatable bonds is 5. The highest BCUT2D eigenvalue weighted by atomic mass is 35.5. The van der Waals surface area contributed by atoms with Crippen LogP contribution in [0.15, 0.2) is 73.6 Å². The molecule has 8 heteroatoms. The van der Waals surface area contributed by atoms with Gasteiger partial charge in [-0.15, -0.1) is 0 Å². The molecule has 0 aliphatic rings. The second kappa shape index (κ2) is 7.43. The van der Waals surface area contributed by atoms with Gasteiger partial charge in [0.1, 0.15) is 12.7 Å². The van der Waals surface area contributed by atoms with Crippen LogP contribution in [0, 0.1) is 0 Å². The van der Waals surface area contributed by atoms with Gasteiger partial charge in [0, 0.05) is 11.2 Å². The molecule has 0 atom stereocenters. The van der Waals surface area contributed by atoms with E-state index in [1.807, 2.05) is 36.5 Å². The second-order valence-electron chi connectivity index (χ2n) is 5.86. The van der Waals surface area contributed by atoms with E-state index < -0.39 is 0 Å². The third-order valence-corrected chi connectivity index (χ3v) is 4.15. The van der Waals surface area contributed by atoms with E-state index >= 15 is 0 Å². The third kappa shape index (κ3) is 3.88. The first kappa shape index (κ1) is 17.0. The van der Waals surface area contributed by atoms with Gasteiger partial charge in [-0.05, 0) is 35.9 Å². The number of benzene rings is 2. The van der Waals surface area contributed by atoms with Crippen LogP contribution in [0.3, 0.4) is 0 Å². The fourth-order valence-corrected chi connectivity index (χ4v) is 2.87. The summed E-state index contributed by atoms with van der Waals surface area (Å²) in [5.74, 6) is -0.175. The summed E-state index contributed by atoms with van der Waals surface area (Å²) in [5.41, 5.74) is 2.99. The summed E-state index contributed by atoms with van der Waals surface area (Å²) in [6.07, 6.45) is 6.70.